The third-order valence-electron chi connectivity index (χ3n) is 7.23. The van der Waals surface area contributed by atoms with Gasteiger partial charge in [0.25, 0.3) is 5.56 Å². The van der Waals surface area contributed by atoms with Gasteiger partial charge in [-0.1, -0.05) is 12.2 Å². The highest BCUT2D eigenvalue weighted by molar-refractivity contribution is 8.44. The van der Waals surface area contributed by atoms with Crippen molar-refractivity contribution in [2.75, 3.05) is 24.7 Å². The Kier molecular flexibility index (Phi) is 7.72. The second kappa shape index (κ2) is 11.2. The standard InChI is InChI=1S/C20H22F2N10O9P2S2/c21-8-12-6(38-18(8)31-4-27-10-14(23)25-3-26-15(10)31)1-36-43(35,45)41-13-7(2-37-42(34,44)40-12)39-19(9(13)22)32-5-28-11-16(32)29-20(24)30-17(11)33/h3-9,12-13,18-19H,1-2H2,(H,34,44)(H,35,45)(H2,23,25,26)(H3,24,29,30,33)/t6-,7?,8-,9-,12-,13-,18-,19-,42?,43?/m1/s1. The summed E-state index contributed by atoms with van der Waals surface area (Å²) in [5.41, 5.74) is 10.8. The molecule has 10 atom stereocenters. The molecule has 0 bridgehead atoms. The summed E-state index contributed by atoms with van der Waals surface area (Å²) >= 11 is 9.11. The number of anilines is 2. The zero-order valence-electron chi connectivity index (χ0n) is 22.3. The highest BCUT2D eigenvalue weighted by Crippen LogP contribution is 2.58. The lowest BCUT2D eigenvalue weighted by Gasteiger charge is -2.29. The third-order valence-corrected chi connectivity index (χ3v) is 10.4. The SMILES string of the molecule is Nc1nc2c(ncn2[C@@H]2OC3COP(O)(=S)O[C@H]4[C@@H](F)[C@H](n5cnc6c(N)ncnc65)O[C@@H]4COP(=O)(S)O[C@H]3[C@H]2F)c(=O)[nH]1. The van der Waals surface area contributed by atoms with Gasteiger partial charge >= 0.3 is 13.5 Å². The van der Waals surface area contributed by atoms with Crippen molar-refractivity contribution in [3.8, 4) is 0 Å². The Morgan fingerprint density at radius 1 is 0.956 bits per heavy atom. The van der Waals surface area contributed by atoms with Gasteiger partial charge < -0.3 is 30.4 Å². The molecule has 25 heteroatoms. The average Bonchev–Trinajstić information content (AvgIpc) is 3.72. The Balaban J connectivity index is 1.17. The second-order valence-electron chi connectivity index (χ2n) is 10.0. The van der Waals surface area contributed by atoms with Crippen molar-refractivity contribution in [3.63, 3.8) is 0 Å². The average molecular weight is 711 g/mol. The maximum absolute atomic E-state index is 16.0. The van der Waals surface area contributed by atoms with Crippen molar-refractivity contribution in [2.45, 2.75) is 49.2 Å². The van der Waals surface area contributed by atoms with Gasteiger partial charge in [-0.15, -0.1) is 0 Å². The minimum absolute atomic E-state index is 0.0436. The number of aromatic amines is 1. The van der Waals surface area contributed by atoms with E-state index >= 15 is 8.78 Å². The zero-order chi connectivity index (χ0) is 31.8. The number of aromatic nitrogens is 8. The molecular weight excluding hydrogens is 688 g/mol. The molecule has 19 nitrogen and oxygen atoms in total. The Labute approximate surface area is 259 Å². The fraction of sp³-hybridized carbons (Fsp3) is 0.500. The van der Waals surface area contributed by atoms with E-state index in [9.17, 15) is 14.3 Å². The quantitative estimate of drug-likeness (QED) is 0.142. The van der Waals surface area contributed by atoms with Crippen molar-refractivity contribution in [1.82, 2.24) is 39.0 Å². The van der Waals surface area contributed by atoms with Crippen molar-refractivity contribution < 1.29 is 45.8 Å². The van der Waals surface area contributed by atoms with Gasteiger partial charge in [-0.3, -0.25) is 32.5 Å². The van der Waals surface area contributed by atoms with E-state index in [1.165, 1.54) is 10.9 Å². The summed E-state index contributed by atoms with van der Waals surface area (Å²) in [6, 6.07) is 0. The Hall–Kier alpha value is -2.69. The fourth-order valence-corrected chi connectivity index (χ4v) is 8.16. The van der Waals surface area contributed by atoms with E-state index in [1.807, 2.05) is 0 Å². The van der Waals surface area contributed by atoms with Crippen molar-refractivity contribution >= 4 is 71.7 Å². The number of nitrogens with two attached hydrogens (primary N) is 2. The van der Waals surface area contributed by atoms with Gasteiger partial charge in [0, 0.05) is 0 Å². The number of nitrogen functional groups attached to an aromatic ring is 2. The van der Waals surface area contributed by atoms with E-state index in [0.29, 0.717) is 0 Å². The molecule has 4 aromatic rings. The van der Waals surface area contributed by atoms with Gasteiger partial charge in [-0.05, 0) is 11.8 Å². The molecule has 0 aromatic carbocycles. The van der Waals surface area contributed by atoms with Gasteiger partial charge in [0.1, 0.15) is 36.3 Å². The molecule has 3 saturated heterocycles. The number of H-pyrrole nitrogens is 1. The summed E-state index contributed by atoms with van der Waals surface area (Å²) in [7, 11) is 0. The Morgan fingerprint density at radius 2 is 1.56 bits per heavy atom. The van der Waals surface area contributed by atoms with Crippen LogP contribution in [0.2, 0.25) is 0 Å². The molecule has 4 aromatic heterocycles. The first-order chi connectivity index (χ1) is 21.3. The number of hydrogen-bond donors (Lipinski definition) is 5. The maximum Gasteiger partial charge on any atom is 0.386 e. The van der Waals surface area contributed by atoms with E-state index in [1.54, 1.807) is 0 Å². The first kappa shape index (κ1) is 30.9. The lowest BCUT2D eigenvalue weighted by Crippen LogP contribution is -2.37. The molecule has 0 aliphatic carbocycles. The molecule has 242 valence electrons. The number of imidazole rings is 2. The number of rotatable bonds is 2. The first-order valence-electron chi connectivity index (χ1n) is 12.9. The second-order valence-corrected chi connectivity index (χ2v) is 15.7. The van der Waals surface area contributed by atoms with Crippen LogP contribution in [0.5, 0.6) is 0 Å². The van der Waals surface area contributed by atoms with Crippen LogP contribution in [0, 0.1) is 0 Å². The molecule has 0 amide bonds. The van der Waals surface area contributed by atoms with Gasteiger partial charge in [-0.25, -0.2) is 33.3 Å². The van der Waals surface area contributed by atoms with E-state index in [2.05, 4.69) is 42.2 Å². The molecule has 7 rings (SSSR count). The van der Waals surface area contributed by atoms with E-state index < -0.39 is 81.5 Å². The summed E-state index contributed by atoms with van der Waals surface area (Å²) in [5.74, 6) is -0.220. The summed E-state index contributed by atoms with van der Waals surface area (Å²) in [6.07, 6.45) is -9.74. The van der Waals surface area contributed by atoms with Gasteiger partial charge in [0.05, 0.1) is 25.9 Å². The van der Waals surface area contributed by atoms with Crippen LogP contribution < -0.4 is 17.0 Å². The number of halogens is 2. The minimum Gasteiger partial charge on any atom is -0.382 e. The molecule has 3 fully saturated rings. The number of thiol groups is 1. The molecule has 0 radical (unpaired) electrons. The molecule has 6 N–H and O–H groups in total. The zero-order valence-corrected chi connectivity index (χ0v) is 25.8. The minimum atomic E-state index is -4.43. The summed E-state index contributed by atoms with van der Waals surface area (Å²) in [5, 5.41) is 0. The van der Waals surface area contributed by atoms with Crippen LogP contribution in [0.1, 0.15) is 12.5 Å². The molecule has 3 aliphatic heterocycles. The lowest BCUT2D eigenvalue weighted by molar-refractivity contribution is -0.0564. The number of ether oxygens (including phenoxy) is 2. The van der Waals surface area contributed by atoms with E-state index in [0.717, 1.165) is 17.2 Å². The summed E-state index contributed by atoms with van der Waals surface area (Å²) in [4.78, 5) is 45.3. The number of nitrogens with zero attached hydrogens (tertiary/aromatic N) is 7. The number of alkyl halides is 2. The largest absolute Gasteiger partial charge is 0.386 e. The van der Waals surface area contributed by atoms with Crippen LogP contribution in [0.4, 0.5) is 20.5 Å². The van der Waals surface area contributed by atoms with E-state index in [-0.39, 0.29) is 34.1 Å². The molecule has 0 saturated carbocycles. The number of fused-ring (bicyclic) bond motifs is 4. The maximum atomic E-state index is 16.0. The first-order valence-corrected chi connectivity index (χ1v) is 18.2. The smallest absolute Gasteiger partial charge is 0.382 e. The van der Waals surface area contributed by atoms with Crippen LogP contribution in [-0.2, 0) is 43.9 Å². The number of hydrogen-bond acceptors (Lipinski definition) is 16. The van der Waals surface area contributed by atoms with Crippen molar-refractivity contribution in [1.29, 1.82) is 0 Å². The highest BCUT2D eigenvalue weighted by Gasteiger charge is 2.54. The number of nitrogens with one attached hydrogen (secondary N) is 1. The third kappa shape index (κ3) is 5.54. The van der Waals surface area contributed by atoms with Crippen molar-refractivity contribution in [3.05, 3.63) is 29.3 Å². The van der Waals surface area contributed by atoms with Crippen LogP contribution in [0.15, 0.2) is 23.8 Å². The van der Waals surface area contributed by atoms with Crippen LogP contribution in [0.25, 0.3) is 22.3 Å². The predicted octanol–water partition coefficient (Wildman–Crippen LogP) is 0.667. The van der Waals surface area contributed by atoms with Crippen LogP contribution in [-0.4, -0.2) is 93.9 Å². The topological polar surface area (TPSA) is 252 Å². The molecule has 3 aliphatic rings. The van der Waals surface area contributed by atoms with Gasteiger partial charge in [0.2, 0.25) is 5.95 Å². The lowest BCUT2D eigenvalue weighted by atomic mass is 10.1. The highest BCUT2D eigenvalue weighted by atomic mass is 32.7. The van der Waals surface area contributed by atoms with Crippen LogP contribution in [0.3, 0.4) is 0 Å². The fourth-order valence-electron chi connectivity index (χ4n) is 5.25. The summed E-state index contributed by atoms with van der Waals surface area (Å²) in [6.45, 7) is -10.1. The Bertz CT molecular complexity index is 1950. The molecule has 3 unspecified atom stereocenters. The summed E-state index contributed by atoms with van der Waals surface area (Å²) < 4.78 is 81.1. The molecule has 45 heavy (non-hydrogen) atoms. The van der Waals surface area contributed by atoms with Gasteiger partial charge in [-0.2, -0.15) is 4.98 Å². The van der Waals surface area contributed by atoms with Crippen molar-refractivity contribution in [2.24, 2.45) is 0 Å². The van der Waals surface area contributed by atoms with Crippen LogP contribution >= 0.6 is 25.8 Å². The van der Waals surface area contributed by atoms with Gasteiger partial charge in [0.15, 0.2) is 47.4 Å². The Morgan fingerprint density at radius 3 is 2.24 bits per heavy atom. The monoisotopic (exact) mass is 710 g/mol. The predicted molar refractivity (Wildman–Crippen MR) is 155 cm³/mol. The molecule has 7 heterocycles. The van der Waals surface area contributed by atoms with E-state index in [4.69, 9.17) is 50.8 Å². The molecular formula is C20H22F2N10O9P2S2. The normalized spacial score (nSPS) is 37.7. The molecule has 0 spiro atoms.